The van der Waals surface area contributed by atoms with Crippen molar-refractivity contribution in [1.29, 1.82) is 0 Å². The molecule has 0 spiro atoms. The van der Waals surface area contributed by atoms with Gasteiger partial charge in [-0.15, -0.1) is 0 Å². The number of hydrogen-bond acceptors (Lipinski definition) is 2. The third-order valence-electron chi connectivity index (χ3n) is 2.66. The molecule has 100 valence electrons. The average Bonchev–Trinajstić information content (AvgIpc) is 2.67. The minimum atomic E-state index is -1.02. The molecular weight excluding hydrogens is 379 g/mol. The van der Waals surface area contributed by atoms with Crippen molar-refractivity contribution in [2.75, 3.05) is 0 Å². The van der Waals surface area contributed by atoms with Crippen LogP contribution >= 0.6 is 34.2 Å². The summed E-state index contributed by atoms with van der Waals surface area (Å²) in [6.07, 6.45) is 0. The predicted octanol–water partition coefficient (Wildman–Crippen LogP) is 3.95. The Hall–Kier alpha value is -1.08. The first kappa shape index (κ1) is 14.3. The molecule has 0 saturated carbocycles. The fourth-order valence-corrected chi connectivity index (χ4v) is 3.23. The summed E-state index contributed by atoms with van der Waals surface area (Å²) in [5.74, 6) is -0.862. The highest BCUT2D eigenvalue weighted by atomic mass is 127. The van der Waals surface area contributed by atoms with E-state index in [1.807, 2.05) is 48.6 Å². The Morgan fingerprint density at radius 3 is 2.68 bits per heavy atom. The summed E-state index contributed by atoms with van der Waals surface area (Å²) in [5.41, 5.74) is 1.71. The van der Waals surface area contributed by atoms with E-state index < -0.39 is 5.97 Å². The lowest BCUT2D eigenvalue weighted by Gasteiger charge is -2.10. The van der Waals surface area contributed by atoms with Gasteiger partial charge in [0.15, 0.2) is 5.69 Å². The number of benzene rings is 1. The molecule has 2 rings (SSSR count). The quantitative estimate of drug-likeness (QED) is 0.807. The average molecular weight is 391 g/mol. The van der Waals surface area contributed by atoms with E-state index in [2.05, 4.69) is 5.10 Å². The molecule has 19 heavy (non-hydrogen) atoms. The Bertz CT molecular complexity index is 638. The van der Waals surface area contributed by atoms with Crippen molar-refractivity contribution < 1.29 is 9.90 Å². The SMILES string of the molecule is CC(C)c1c(I)c(C(=O)O)nn1-c1cccc(Cl)c1. The molecule has 0 bridgehead atoms. The number of carboxylic acids is 1. The Labute approximate surface area is 129 Å². The molecule has 0 saturated heterocycles. The zero-order valence-corrected chi connectivity index (χ0v) is 13.3. The number of carbonyl (C=O) groups is 1. The standard InChI is InChI=1S/C13H12ClIN2O2/c1-7(2)12-10(15)11(13(18)19)16-17(12)9-5-3-4-8(14)6-9/h3-7H,1-2H3,(H,18,19). The molecule has 0 unspecified atom stereocenters. The van der Waals surface area contributed by atoms with Crippen molar-refractivity contribution in [3.05, 3.63) is 44.2 Å². The first-order chi connectivity index (χ1) is 8.91. The van der Waals surface area contributed by atoms with Crippen LogP contribution < -0.4 is 0 Å². The van der Waals surface area contributed by atoms with Gasteiger partial charge in [0.1, 0.15) is 0 Å². The van der Waals surface area contributed by atoms with Crippen molar-refractivity contribution in [2.24, 2.45) is 0 Å². The van der Waals surface area contributed by atoms with Gasteiger partial charge in [0.05, 0.1) is 15.0 Å². The van der Waals surface area contributed by atoms with Crippen molar-refractivity contribution >= 4 is 40.2 Å². The molecule has 1 heterocycles. The molecule has 0 amide bonds. The molecule has 0 fully saturated rings. The monoisotopic (exact) mass is 390 g/mol. The summed E-state index contributed by atoms with van der Waals surface area (Å²) in [5, 5.41) is 14.0. The molecule has 0 radical (unpaired) electrons. The van der Waals surface area contributed by atoms with E-state index >= 15 is 0 Å². The van der Waals surface area contributed by atoms with Gasteiger partial charge in [-0.1, -0.05) is 31.5 Å². The number of hydrogen-bond donors (Lipinski definition) is 1. The Balaban J connectivity index is 2.69. The van der Waals surface area contributed by atoms with Gasteiger partial charge < -0.3 is 5.11 Å². The van der Waals surface area contributed by atoms with Crippen LogP contribution in [0.15, 0.2) is 24.3 Å². The highest BCUT2D eigenvalue weighted by molar-refractivity contribution is 14.1. The fraction of sp³-hybridized carbons (Fsp3) is 0.231. The lowest BCUT2D eigenvalue weighted by Crippen LogP contribution is -2.04. The van der Waals surface area contributed by atoms with Crippen LogP contribution in [0.4, 0.5) is 0 Å². The molecule has 2 aromatic rings. The van der Waals surface area contributed by atoms with E-state index in [9.17, 15) is 9.90 Å². The topological polar surface area (TPSA) is 55.1 Å². The third-order valence-corrected chi connectivity index (χ3v) is 3.96. The predicted molar refractivity (Wildman–Crippen MR) is 82.3 cm³/mol. The maximum absolute atomic E-state index is 11.2. The number of halogens is 2. The van der Waals surface area contributed by atoms with E-state index in [0.29, 0.717) is 8.59 Å². The zero-order valence-electron chi connectivity index (χ0n) is 10.4. The largest absolute Gasteiger partial charge is 0.476 e. The molecule has 1 N–H and O–H groups in total. The summed E-state index contributed by atoms with van der Waals surface area (Å²) in [6, 6.07) is 7.21. The van der Waals surface area contributed by atoms with Crippen LogP contribution in [0.2, 0.25) is 5.02 Å². The maximum Gasteiger partial charge on any atom is 0.357 e. The van der Waals surface area contributed by atoms with E-state index in [4.69, 9.17) is 11.6 Å². The Morgan fingerprint density at radius 1 is 1.47 bits per heavy atom. The zero-order chi connectivity index (χ0) is 14.2. The van der Waals surface area contributed by atoms with Gasteiger partial charge in [-0.3, -0.25) is 0 Å². The molecule has 4 nitrogen and oxygen atoms in total. The van der Waals surface area contributed by atoms with E-state index in [0.717, 1.165) is 11.4 Å². The van der Waals surface area contributed by atoms with Gasteiger partial charge >= 0.3 is 5.97 Å². The molecule has 6 heteroatoms. The Kier molecular flexibility index (Phi) is 4.15. The minimum absolute atomic E-state index is 0.0734. The summed E-state index contributed by atoms with van der Waals surface area (Å²) < 4.78 is 2.32. The van der Waals surface area contributed by atoms with Crippen LogP contribution in [0, 0.1) is 3.57 Å². The van der Waals surface area contributed by atoms with Crippen LogP contribution in [-0.4, -0.2) is 20.9 Å². The van der Waals surface area contributed by atoms with Crippen LogP contribution in [0.1, 0.15) is 35.9 Å². The third kappa shape index (κ3) is 2.76. The van der Waals surface area contributed by atoms with Crippen molar-refractivity contribution in [3.63, 3.8) is 0 Å². The van der Waals surface area contributed by atoms with Gasteiger partial charge in [0.2, 0.25) is 0 Å². The van der Waals surface area contributed by atoms with Crippen LogP contribution in [-0.2, 0) is 0 Å². The number of carboxylic acid groups (broad SMARTS) is 1. The molecule has 1 aromatic carbocycles. The number of aromatic carboxylic acids is 1. The number of rotatable bonds is 3. The van der Waals surface area contributed by atoms with Gasteiger partial charge in [-0.2, -0.15) is 5.10 Å². The lowest BCUT2D eigenvalue weighted by molar-refractivity contribution is 0.0689. The number of nitrogens with zero attached hydrogens (tertiary/aromatic N) is 2. The molecule has 1 aromatic heterocycles. The highest BCUT2D eigenvalue weighted by Gasteiger charge is 2.23. The summed E-state index contributed by atoms with van der Waals surface area (Å²) in [6.45, 7) is 4.01. The molecule has 0 aliphatic rings. The second kappa shape index (κ2) is 5.50. The smallest absolute Gasteiger partial charge is 0.357 e. The molecule has 0 atom stereocenters. The van der Waals surface area contributed by atoms with Crippen molar-refractivity contribution in [1.82, 2.24) is 9.78 Å². The molecule has 0 aliphatic carbocycles. The van der Waals surface area contributed by atoms with E-state index in [1.165, 1.54) is 0 Å². The normalized spacial score (nSPS) is 11.0. The number of aromatic nitrogens is 2. The second-order valence-electron chi connectivity index (χ2n) is 4.40. The van der Waals surface area contributed by atoms with Crippen LogP contribution in [0.5, 0.6) is 0 Å². The minimum Gasteiger partial charge on any atom is -0.476 e. The second-order valence-corrected chi connectivity index (χ2v) is 5.91. The van der Waals surface area contributed by atoms with Gasteiger partial charge in [-0.25, -0.2) is 9.48 Å². The van der Waals surface area contributed by atoms with E-state index in [-0.39, 0.29) is 11.6 Å². The first-order valence-electron chi connectivity index (χ1n) is 5.69. The summed E-state index contributed by atoms with van der Waals surface area (Å²) in [7, 11) is 0. The van der Waals surface area contributed by atoms with Gasteiger partial charge in [0, 0.05) is 5.02 Å². The maximum atomic E-state index is 11.2. The first-order valence-corrected chi connectivity index (χ1v) is 7.15. The van der Waals surface area contributed by atoms with Gasteiger partial charge in [0.25, 0.3) is 0 Å². The lowest BCUT2D eigenvalue weighted by atomic mass is 10.1. The summed E-state index contributed by atoms with van der Waals surface area (Å²) in [4.78, 5) is 11.2. The fourth-order valence-electron chi connectivity index (χ4n) is 1.85. The molecular formula is C13H12ClIN2O2. The van der Waals surface area contributed by atoms with Crippen molar-refractivity contribution in [2.45, 2.75) is 19.8 Å². The van der Waals surface area contributed by atoms with Crippen LogP contribution in [0.25, 0.3) is 5.69 Å². The highest BCUT2D eigenvalue weighted by Crippen LogP contribution is 2.28. The van der Waals surface area contributed by atoms with Crippen LogP contribution in [0.3, 0.4) is 0 Å². The van der Waals surface area contributed by atoms with E-state index in [1.54, 1.807) is 16.8 Å². The van der Waals surface area contributed by atoms with Crippen molar-refractivity contribution in [3.8, 4) is 5.69 Å². The van der Waals surface area contributed by atoms with Gasteiger partial charge in [-0.05, 0) is 46.7 Å². The summed E-state index contributed by atoms with van der Waals surface area (Å²) >= 11 is 8.01. The molecule has 0 aliphatic heterocycles. The Morgan fingerprint density at radius 2 is 2.16 bits per heavy atom.